The van der Waals surface area contributed by atoms with E-state index in [1.165, 1.54) is 94.3 Å². The molecule has 0 atom stereocenters. The summed E-state index contributed by atoms with van der Waals surface area (Å²) in [4.78, 5) is 2.38. The van der Waals surface area contributed by atoms with Gasteiger partial charge in [0.2, 0.25) is 0 Å². The number of benzene rings is 9. The van der Waals surface area contributed by atoms with Crippen molar-refractivity contribution in [2.45, 2.75) is 44.9 Å². The molecule has 1 nitrogen and oxygen atoms in total. The SMILES string of the molecule is CCC1(CC)c2cc(/C=C/c3ccc(-c4cc(-c5ccccc5)ccc4-c4ccc5c6c(cccc46)CC5)cc3)ccc2-c2ccc(N(c3ccccc3)c3ccccc3)cc21. The predicted molar refractivity (Wildman–Crippen MR) is 265 cm³/mol. The van der Waals surface area contributed by atoms with Crippen LogP contribution in [0.1, 0.15) is 60.1 Å². The van der Waals surface area contributed by atoms with Gasteiger partial charge >= 0.3 is 0 Å². The third-order valence-corrected chi connectivity index (χ3v) is 13.8. The first-order valence-electron chi connectivity index (χ1n) is 22.3. The highest BCUT2D eigenvalue weighted by atomic mass is 15.1. The lowest BCUT2D eigenvalue weighted by molar-refractivity contribution is 0.490. The van der Waals surface area contributed by atoms with Crippen LogP contribution in [0.25, 0.3) is 67.4 Å². The molecule has 9 aromatic rings. The molecular weight excluding hydrogens is 747 g/mol. The van der Waals surface area contributed by atoms with E-state index in [1.54, 1.807) is 0 Å². The number of para-hydroxylation sites is 2. The summed E-state index contributed by atoms with van der Waals surface area (Å²) in [7, 11) is 0. The largest absolute Gasteiger partial charge is 0.310 e. The van der Waals surface area contributed by atoms with Crippen LogP contribution in [0.15, 0.2) is 200 Å². The van der Waals surface area contributed by atoms with Gasteiger partial charge in [0.05, 0.1) is 0 Å². The molecule has 1 heteroatoms. The van der Waals surface area contributed by atoms with Crippen LogP contribution in [0.5, 0.6) is 0 Å². The van der Waals surface area contributed by atoms with Crippen LogP contribution in [0.2, 0.25) is 0 Å². The standard InChI is InChI=1S/C61H49N/c1-3-61(4-2)58-39-43(27-35-54(58)55-38-34-51(41-59(55)61)62(49-18-10-6-11-19-49)50-20-12-7-13-21-50)24-23-42-25-28-45(29-26-42)57-40-48(44-15-8-5-9-16-44)33-37-53(57)52-36-32-47-31-30-46-17-14-22-56(52)60(46)47/h5-29,32-41H,3-4,30-31H2,1-2H3/b24-23+. The summed E-state index contributed by atoms with van der Waals surface area (Å²) in [5.74, 6) is 0. The first-order chi connectivity index (χ1) is 30.6. The maximum Gasteiger partial charge on any atom is 0.0465 e. The Morgan fingerprint density at radius 3 is 1.66 bits per heavy atom. The minimum atomic E-state index is -0.0673. The van der Waals surface area contributed by atoms with Gasteiger partial charge in [0, 0.05) is 22.5 Å². The van der Waals surface area contributed by atoms with Gasteiger partial charge in [-0.2, -0.15) is 0 Å². The second-order valence-corrected chi connectivity index (χ2v) is 17.0. The van der Waals surface area contributed by atoms with Gasteiger partial charge in [-0.15, -0.1) is 0 Å². The van der Waals surface area contributed by atoms with E-state index in [4.69, 9.17) is 0 Å². The van der Waals surface area contributed by atoms with E-state index in [9.17, 15) is 0 Å². The summed E-state index contributed by atoms with van der Waals surface area (Å²) in [6.45, 7) is 4.72. The first-order valence-corrected chi connectivity index (χ1v) is 22.3. The Labute approximate surface area is 366 Å². The maximum absolute atomic E-state index is 2.46. The molecule has 0 saturated carbocycles. The fourth-order valence-electron chi connectivity index (χ4n) is 10.6. The van der Waals surface area contributed by atoms with Crippen LogP contribution < -0.4 is 4.90 Å². The fourth-order valence-corrected chi connectivity index (χ4v) is 10.6. The molecule has 0 saturated heterocycles. The lowest BCUT2D eigenvalue weighted by Crippen LogP contribution is -2.23. The monoisotopic (exact) mass is 795 g/mol. The molecule has 0 aromatic heterocycles. The number of hydrogen-bond donors (Lipinski definition) is 0. The topological polar surface area (TPSA) is 3.24 Å². The lowest BCUT2D eigenvalue weighted by Gasteiger charge is -2.32. The van der Waals surface area contributed by atoms with Gasteiger partial charge in [-0.1, -0.05) is 184 Å². The molecular formula is C61H49N. The number of anilines is 3. The molecule has 0 aliphatic heterocycles. The molecule has 298 valence electrons. The number of hydrogen-bond acceptors (Lipinski definition) is 1. The molecule has 9 aromatic carbocycles. The number of aryl methyl sites for hydroxylation is 2. The molecule has 0 unspecified atom stereocenters. The fraction of sp³-hybridized carbons (Fsp3) is 0.115. The van der Waals surface area contributed by atoms with E-state index in [0.717, 1.165) is 37.1 Å². The third-order valence-electron chi connectivity index (χ3n) is 13.8. The van der Waals surface area contributed by atoms with Gasteiger partial charge in [-0.25, -0.2) is 0 Å². The molecule has 0 radical (unpaired) electrons. The van der Waals surface area contributed by atoms with Crippen LogP contribution in [0, 0.1) is 0 Å². The van der Waals surface area contributed by atoms with E-state index < -0.39 is 0 Å². The average molecular weight is 796 g/mol. The predicted octanol–water partition coefficient (Wildman–Crippen LogP) is 16.7. The van der Waals surface area contributed by atoms with Gasteiger partial charge < -0.3 is 4.90 Å². The van der Waals surface area contributed by atoms with E-state index >= 15 is 0 Å². The second kappa shape index (κ2) is 15.7. The van der Waals surface area contributed by atoms with Crippen molar-refractivity contribution in [1.29, 1.82) is 0 Å². The Hall–Kier alpha value is -7.22. The third kappa shape index (κ3) is 6.39. The molecule has 0 spiro atoms. The molecule has 0 N–H and O–H groups in total. The minimum absolute atomic E-state index is 0.0673. The number of rotatable bonds is 10. The van der Waals surface area contributed by atoms with E-state index in [-0.39, 0.29) is 5.41 Å². The van der Waals surface area contributed by atoms with Crippen LogP contribution in [-0.4, -0.2) is 0 Å². The van der Waals surface area contributed by atoms with Crippen LogP contribution >= 0.6 is 0 Å². The first kappa shape index (κ1) is 37.8. The summed E-state index contributed by atoms with van der Waals surface area (Å²) in [5.41, 5.74) is 21.9. The second-order valence-electron chi connectivity index (χ2n) is 17.0. The van der Waals surface area contributed by atoms with Crippen molar-refractivity contribution in [3.63, 3.8) is 0 Å². The van der Waals surface area contributed by atoms with Crippen molar-refractivity contribution in [2.75, 3.05) is 4.90 Å². The molecule has 0 fully saturated rings. The zero-order valence-electron chi connectivity index (χ0n) is 35.5. The van der Waals surface area contributed by atoms with Crippen molar-refractivity contribution in [3.05, 3.63) is 234 Å². The molecule has 11 rings (SSSR count). The minimum Gasteiger partial charge on any atom is -0.310 e. The summed E-state index contributed by atoms with van der Waals surface area (Å²) in [5, 5.41) is 2.82. The number of fused-ring (bicyclic) bond motifs is 3. The smallest absolute Gasteiger partial charge is 0.0465 e. The highest BCUT2D eigenvalue weighted by Gasteiger charge is 2.41. The van der Waals surface area contributed by atoms with Gasteiger partial charge in [0.15, 0.2) is 0 Å². The Morgan fingerprint density at radius 2 is 0.968 bits per heavy atom. The van der Waals surface area contributed by atoms with Crippen LogP contribution in [-0.2, 0) is 18.3 Å². The van der Waals surface area contributed by atoms with Gasteiger partial charge in [0.25, 0.3) is 0 Å². The summed E-state index contributed by atoms with van der Waals surface area (Å²) < 4.78 is 0. The van der Waals surface area contributed by atoms with Crippen molar-refractivity contribution in [3.8, 4) is 44.5 Å². The summed E-state index contributed by atoms with van der Waals surface area (Å²) >= 11 is 0. The normalized spacial score (nSPS) is 13.4. The summed E-state index contributed by atoms with van der Waals surface area (Å²) in [6, 6.07) is 74.2. The quantitative estimate of drug-likeness (QED) is 0.125. The van der Waals surface area contributed by atoms with Crippen molar-refractivity contribution >= 4 is 40.0 Å². The Balaban J connectivity index is 0.926. The van der Waals surface area contributed by atoms with Crippen molar-refractivity contribution < 1.29 is 0 Å². The van der Waals surface area contributed by atoms with Gasteiger partial charge in [-0.05, 0) is 157 Å². The van der Waals surface area contributed by atoms with Crippen molar-refractivity contribution in [2.24, 2.45) is 0 Å². The molecule has 2 aliphatic rings. The highest BCUT2D eigenvalue weighted by molar-refractivity contribution is 6.04. The van der Waals surface area contributed by atoms with Crippen LogP contribution in [0.4, 0.5) is 17.1 Å². The zero-order chi connectivity index (χ0) is 41.6. The van der Waals surface area contributed by atoms with Gasteiger partial charge in [-0.3, -0.25) is 0 Å². The molecule has 0 amide bonds. The Morgan fingerprint density at radius 1 is 0.403 bits per heavy atom. The van der Waals surface area contributed by atoms with E-state index in [1.807, 2.05) is 0 Å². The molecule has 0 bridgehead atoms. The summed E-state index contributed by atoms with van der Waals surface area (Å²) in [6.07, 6.45) is 8.89. The zero-order valence-corrected chi connectivity index (χ0v) is 35.5. The van der Waals surface area contributed by atoms with E-state index in [0.29, 0.717) is 0 Å². The van der Waals surface area contributed by atoms with Gasteiger partial charge in [0.1, 0.15) is 0 Å². The Bertz CT molecular complexity index is 3070. The Kier molecular flexibility index (Phi) is 9.54. The molecule has 0 heterocycles. The highest BCUT2D eigenvalue weighted by Crippen LogP contribution is 2.54. The molecule has 2 aliphatic carbocycles. The van der Waals surface area contributed by atoms with Crippen LogP contribution in [0.3, 0.4) is 0 Å². The lowest BCUT2D eigenvalue weighted by atomic mass is 9.73. The average Bonchev–Trinajstić information content (AvgIpc) is 3.89. The molecule has 62 heavy (non-hydrogen) atoms. The maximum atomic E-state index is 2.46. The van der Waals surface area contributed by atoms with E-state index in [2.05, 4.69) is 231 Å². The van der Waals surface area contributed by atoms with Crippen molar-refractivity contribution in [1.82, 2.24) is 0 Å². The number of nitrogens with zero attached hydrogens (tertiary/aromatic N) is 1.